The summed E-state index contributed by atoms with van der Waals surface area (Å²) in [5.74, 6) is 0. The zero-order chi connectivity index (χ0) is 16.4. The maximum atomic E-state index is 12.8. The fraction of sp³-hybridized carbons (Fsp3) is 0.176. The van der Waals surface area contributed by atoms with Crippen molar-refractivity contribution in [3.63, 3.8) is 0 Å². The van der Waals surface area contributed by atoms with Crippen LogP contribution in [-0.2, 0) is 6.54 Å². The largest absolute Gasteiger partial charge is 0.305 e. The smallest absolute Gasteiger partial charge is 0.277 e. The summed E-state index contributed by atoms with van der Waals surface area (Å²) >= 11 is 0. The quantitative estimate of drug-likeness (QED) is 0.546. The first-order valence-electron chi connectivity index (χ1n) is 7.36. The molecule has 0 aliphatic heterocycles. The van der Waals surface area contributed by atoms with E-state index in [4.69, 9.17) is 0 Å². The molecule has 0 saturated carbocycles. The van der Waals surface area contributed by atoms with Crippen LogP contribution in [0.4, 0.5) is 5.69 Å². The summed E-state index contributed by atoms with van der Waals surface area (Å²) in [6.45, 7) is 2.57. The van der Waals surface area contributed by atoms with Crippen molar-refractivity contribution < 1.29 is 4.92 Å². The minimum absolute atomic E-state index is 0.0566. The predicted octanol–water partition coefficient (Wildman–Crippen LogP) is 3.38. The van der Waals surface area contributed by atoms with Gasteiger partial charge >= 0.3 is 0 Å². The highest BCUT2D eigenvalue weighted by Gasteiger charge is 2.14. The summed E-state index contributed by atoms with van der Waals surface area (Å²) in [6, 6.07) is 13.4. The van der Waals surface area contributed by atoms with Gasteiger partial charge in [-0.25, -0.2) is 4.98 Å². The molecule has 1 heterocycles. The van der Waals surface area contributed by atoms with Crippen molar-refractivity contribution in [2.24, 2.45) is 0 Å². The van der Waals surface area contributed by atoms with Crippen molar-refractivity contribution >= 4 is 16.7 Å². The molecule has 23 heavy (non-hydrogen) atoms. The van der Waals surface area contributed by atoms with Crippen molar-refractivity contribution in [1.29, 1.82) is 0 Å². The first kappa shape index (κ1) is 14.9. The number of aryl methyl sites for hydroxylation is 1. The Morgan fingerprint density at radius 2 is 1.96 bits per heavy atom. The fourth-order valence-electron chi connectivity index (χ4n) is 2.59. The van der Waals surface area contributed by atoms with E-state index in [1.165, 1.54) is 12.1 Å². The van der Waals surface area contributed by atoms with Gasteiger partial charge < -0.3 is 4.57 Å². The highest BCUT2D eigenvalue weighted by molar-refractivity contribution is 5.78. The van der Waals surface area contributed by atoms with Gasteiger partial charge in [-0.15, -0.1) is 0 Å². The van der Waals surface area contributed by atoms with Crippen LogP contribution in [0, 0.1) is 10.1 Å². The fourth-order valence-corrected chi connectivity index (χ4v) is 2.59. The molecule has 0 saturated heterocycles. The Kier molecular flexibility index (Phi) is 3.89. The number of hydrogen-bond acceptors (Lipinski definition) is 4. The van der Waals surface area contributed by atoms with E-state index in [1.54, 1.807) is 16.7 Å². The van der Waals surface area contributed by atoms with Gasteiger partial charge in [-0.1, -0.05) is 31.2 Å². The monoisotopic (exact) mass is 309 g/mol. The lowest BCUT2D eigenvalue weighted by molar-refractivity contribution is -0.384. The second kappa shape index (κ2) is 6.00. The third-order valence-electron chi connectivity index (χ3n) is 3.63. The van der Waals surface area contributed by atoms with Crippen molar-refractivity contribution in [3.8, 4) is 11.3 Å². The van der Waals surface area contributed by atoms with Crippen LogP contribution in [0.1, 0.15) is 13.3 Å². The molecule has 0 N–H and O–H groups in total. The molecular weight excluding hydrogens is 294 g/mol. The van der Waals surface area contributed by atoms with E-state index in [2.05, 4.69) is 4.98 Å². The average molecular weight is 309 g/mol. The number of hydrogen-bond donors (Lipinski definition) is 0. The number of benzene rings is 2. The molecule has 0 spiro atoms. The molecule has 6 nitrogen and oxygen atoms in total. The van der Waals surface area contributed by atoms with E-state index in [1.807, 2.05) is 31.2 Å². The molecule has 0 atom stereocenters. The SMILES string of the molecule is CCCn1c(=O)c(-c2cccc([N+](=O)[O-])c2)nc2ccccc21. The van der Waals surface area contributed by atoms with Gasteiger partial charge in [0.2, 0.25) is 0 Å². The maximum Gasteiger partial charge on any atom is 0.277 e. The van der Waals surface area contributed by atoms with Gasteiger partial charge in [0, 0.05) is 24.2 Å². The lowest BCUT2D eigenvalue weighted by atomic mass is 10.1. The number of para-hydroxylation sites is 2. The lowest BCUT2D eigenvalue weighted by Gasteiger charge is -2.11. The first-order valence-corrected chi connectivity index (χ1v) is 7.36. The van der Waals surface area contributed by atoms with Crippen molar-refractivity contribution in [3.05, 3.63) is 69.0 Å². The number of fused-ring (bicyclic) bond motifs is 1. The second-order valence-corrected chi connectivity index (χ2v) is 5.21. The Bertz CT molecular complexity index is 947. The number of aromatic nitrogens is 2. The Morgan fingerprint density at radius 1 is 1.17 bits per heavy atom. The molecule has 0 fully saturated rings. The van der Waals surface area contributed by atoms with Crippen molar-refractivity contribution in [2.45, 2.75) is 19.9 Å². The van der Waals surface area contributed by atoms with E-state index in [9.17, 15) is 14.9 Å². The molecule has 0 amide bonds. The van der Waals surface area contributed by atoms with Gasteiger partial charge in [0.15, 0.2) is 0 Å². The van der Waals surface area contributed by atoms with Gasteiger partial charge in [-0.05, 0) is 18.6 Å². The standard InChI is InChI=1S/C17H15N3O3/c1-2-10-19-15-9-4-3-8-14(15)18-16(17(19)21)12-6-5-7-13(11-12)20(22)23/h3-9,11H,2,10H2,1H3. The van der Waals surface area contributed by atoms with Crippen LogP contribution in [0.2, 0.25) is 0 Å². The molecule has 3 rings (SSSR count). The Labute approximate surface area is 132 Å². The zero-order valence-electron chi connectivity index (χ0n) is 12.6. The highest BCUT2D eigenvalue weighted by Crippen LogP contribution is 2.22. The summed E-state index contributed by atoms with van der Waals surface area (Å²) in [4.78, 5) is 27.7. The van der Waals surface area contributed by atoms with Crippen molar-refractivity contribution in [2.75, 3.05) is 0 Å². The molecule has 0 bridgehead atoms. The topological polar surface area (TPSA) is 78.0 Å². The van der Waals surface area contributed by atoms with E-state index in [-0.39, 0.29) is 16.9 Å². The molecule has 0 aliphatic carbocycles. The lowest BCUT2D eigenvalue weighted by Crippen LogP contribution is -2.23. The first-order chi connectivity index (χ1) is 11.1. The van der Waals surface area contributed by atoms with Crippen LogP contribution in [0.15, 0.2) is 53.3 Å². The molecule has 3 aromatic rings. The van der Waals surface area contributed by atoms with Crippen LogP contribution in [0.25, 0.3) is 22.3 Å². The Hall–Kier alpha value is -3.02. The third-order valence-corrected chi connectivity index (χ3v) is 3.63. The maximum absolute atomic E-state index is 12.8. The van der Waals surface area contributed by atoms with Gasteiger partial charge in [-0.2, -0.15) is 0 Å². The summed E-state index contributed by atoms with van der Waals surface area (Å²) in [5.41, 5.74) is 1.88. The third kappa shape index (κ3) is 2.70. The normalized spacial score (nSPS) is 10.8. The molecular formula is C17H15N3O3. The van der Waals surface area contributed by atoms with Crippen LogP contribution in [-0.4, -0.2) is 14.5 Å². The second-order valence-electron chi connectivity index (χ2n) is 5.21. The molecule has 6 heteroatoms. The Morgan fingerprint density at radius 3 is 2.70 bits per heavy atom. The molecule has 2 aromatic carbocycles. The van der Waals surface area contributed by atoms with Crippen LogP contribution < -0.4 is 5.56 Å². The zero-order valence-corrected chi connectivity index (χ0v) is 12.6. The number of non-ortho nitro benzene ring substituents is 1. The summed E-state index contributed by atoms with van der Waals surface area (Å²) < 4.78 is 1.68. The predicted molar refractivity (Wildman–Crippen MR) is 88.4 cm³/mol. The number of nitro groups is 1. The van der Waals surface area contributed by atoms with Crippen molar-refractivity contribution in [1.82, 2.24) is 9.55 Å². The van der Waals surface area contributed by atoms with Crippen LogP contribution in [0.3, 0.4) is 0 Å². The minimum atomic E-state index is -0.477. The highest BCUT2D eigenvalue weighted by atomic mass is 16.6. The minimum Gasteiger partial charge on any atom is -0.305 e. The Balaban J connectivity index is 2.30. The van der Waals surface area contributed by atoms with Gasteiger partial charge in [0.25, 0.3) is 11.2 Å². The summed E-state index contributed by atoms with van der Waals surface area (Å²) in [6.07, 6.45) is 0.808. The van der Waals surface area contributed by atoms with Gasteiger partial charge in [0.05, 0.1) is 16.0 Å². The van der Waals surface area contributed by atoms with Gasteiger partial charge in [0.1, 0.15) is 5.69 Å². The molecule has 0 unspecified atom stereocenters. The summed E-state index contributed by atoms with van der Waals surface area (Å²) in [7, 11) is 0. The molecule has 116 valence electrons. The molecule has 0 aliphatic rings. The van der Waals surface area contributed by atoms with E-state index in [0.29, 0.717) is 17.6 Å². The number of nitrogens with zero attached hydrogens (tertiary/aromatic N) is 3. The van der Waals surface area contributed by atoms with E-state index >= 15 is 0 Å². The van der Waals surface area contributed by atoms with Crippen LogP contribution in [0.5, 0.6) is 0 Å². The molecule has 1 aromatic heterocycles. The van der Waals surface area contributed by atoms with Crippen LogP contribution >= 0.6 is 0 Å². The molecule has 0 radical (unpaired) electrons. The summed E-state index contributed by atoms with van der Waals surface area (Å²) in [5, 5.41) is 11.0. The van der Waals surface area contributed by atoms with Gasteiger partial charge in [-0.3, -0.25) is 14.9 Å². The average Bonchev–Trinajstić information content (AvgIpc) is 2.57. The van der Waals surface area contributed by atoms with E-state index < -0.39 is 4.92 Å². The van der Waals surface area contributed by atoms with E-state index in [0.717, 1.165) is 11.9 Å². The number of nitro benzene ring substituents is 1. The number of rotatable bonds is 4.